The lowest BCUT2D eigenvalue weighted by atomic mass is 9.56. The zero-order valence-corrected chi connectivity index (χ0v) is 52.7. The summed E-state index contributed by atoms with van der Waals surface area (Å²) in [5.41, 5.74) is 3.16. The Bertz CT molecular complexity index is 1130. The monoisotopic (exact) mass is 996 g/mol. The highest BCUT2D eigenvalue weighted by molar-refractivity contribution is 5.17. The van der Waals surface area contributed by atoms with E-state index >= 15 is 0 Å². The van der Waals surface area contributed by atoms with E-state index < -0.39 is 0 Å². The lowest BCUT2D eigenvalue weighted by molar-refractivity contribution is 0.0314. The molecule has 0 aromatic heterocycles. The van der Waals surface area contributed by atoms with E-state index in [0.29, 0.717) is 5.92 Å². The van der Waals surface area contributed by atoms with Crippen LogP contribution in [0, 0.1) is 70.0 Å². The van der Waals surface area contributed by atoms with Gasteiger partial charge in [-0.05, 0) is 178 Å². The molecule has 1 aromatic carbocycles. The Kier molecular flexibility index (Phi) is 46.1. The first kappa shape index (κ1) is 72.2. The normalized spacial score (nSPS) is 20.5. The second-order valence-electron chi connectivity index (χ2n) is 27.7. The van der Waals surface area contributed by atoms with Crippen molar-refractivity contribution in [3.63, 3.8) is 0 Å². The van der Waals surface area contributed by atoms with Crippen LogP contribution in [0.1, 0.15) is 298 Å². The fraction of sp³-hybridized carbons (Fsp3) is 0.912. The van der Waals surface area contributed by atoms with E-state index in [1.54, 1.807) is 25.7 Å². The van der Waals surface area contributed by atoms with Crippen LogP contribution in [0.5, 0.6) is 0 Å². The van der Waals surface area contributed by atoms with Crippen molar-refractivity contribution in [3.05, 3.63) is 35.9 Å². The van der Waals surface area contributed by atoms with Gasteiger partial charge < -0.3 is 16.0 Å². The van der Waals surface area contributed by atoms with Crippen LogP contribution in [0.15, 0.2) is 30.3 Å². The highest BCUT2D eigenvalue weighted by Crippen LogP contribution is 2.55. The summed E-state index contributed by atoms with van der Waals surface area (Å²) in [6, 6.07) is 10.5. The van der Waals surface area contributed by atoms with Gasteiger partial charge in [-0.2, -0.15) is 0 Å². The topological polar surface area (TPSA) is 36.1 Å². The summed E-state index contributed by atoms with van der Waals surface area (Å²) in [6.45, 7) is 52.0. The van der Waals surface area contributed by atoms with Crippen molar-refractivity contribution in [2.45, 2.75) is 292 Å². The predicted molar refractivity (Wildman–Crippen MR) is 327 cm³/mol. The van der Waals surface area contributed by atoms with Crippen molar-refractivity contribution in [3.8, 4) is 0 Å². The van der Waals surface area contributed by atoms with Crippen molar-refractivity contribution < 1.29 is 0 Å². The van der Waals surface area contributed by atoms with Crippen LogP contribution in [0.2, 0.25) is 0 Å². The summed E-state index contributed by atoms with van der Waals surface area (Å²) in [4.78, 5) is 0. The van der Waals surface area contributed by atoms with Gasteiger partial charge in [-0.1, -0.05) is 246 Å². The van der Waals surface area contributed by atoms with Crippen LogP contribution in [0.3, 0.4) is 0 Å². The Hall–Kier alpha value is -0.900. The second-order valence-corrected chi connectivity index (χ2v) is 27.7. The Morgan fingerprint density at radius 2 is 0.634 bits per heavy atom. The van der Waals surface area contributed by atoms with Crippen molar-refractivity contribution >= 4 is 0 Å². The minimum atomic E-state index is 0.659. The Labute approximate surface area is 451 Å². The maximum atomic E-state index is 3.34. The zero-order chi connectivity index (χ0) is 54.1. The van der Waals surface area contributed by atoms with Gasteiger partial charge in [0, 0.05) is 13.1 Å². The molecule has 3 heteroatoms. The fourth-order valence-corrected chi connectivity index (χ4v) is 9.12. The van der Waals surface area contributed by atoms with Crippen molar-refractivity contribution in [2.75, 3.05) is 39.3 Å². The molecule has 71 heavy (non-hydrogen) atoms. The molecule has 0 atom stereocenters. The number of rotatable bonds is 4. The first-order valence-electron chi connectivity index (χ1n) is 31.6. The summed E-state index contributed by atoms with van der Waals surface area (Å²) in [7, 11) is 0. The third-order valence-corrected chi connectivity index (χ3v) is 14.9. The Balaban J connectivity index is 0. The summed E-state index contributed by atoms with van der Waals surface area (Å²) >= 11 is 0. The molecular formula is C68H137N3. The quantitative estimate of drug-likeness (QED) is 0.281. The molecule has 3 N–H and O–H groups in total. The summed E-state index contributed by atoms with van der Waals surface area (Å²) in [5, 5.41) is 9.68. The van der Waals surface area contributed by atoms with Gasteiger partial charge in [0.25, 0.3) is 0 Å². The fourth-order valence-electron chi connectivity index (χ4n) is 9.12. The van der Waals surface area contributed by atoms with Gasteiger partial charge in [0.15, 0.2) is 0 Å². The molecule has 424 valence electrons. The van der Waals surface area contributed by atoms with Crippen LogP contribution >= 0.6 is 0 Å². The maximum absolute atomic E-state index is 3.34. The SMILES string of the molecule is C1CC2(C1)CCC2.C1CCC2(C1)CNC2.C1CCNC1.C1CNC1.CC(C)C.CC(C)C.CC(C)C.CC(C)C.CC(C)C1CC1.CC(C)C1CCC1.CC(C)C1CCCCC1.CC(C)c1ccccc1. The van der Waals surface area contributed by atoms with Crippen molar-refractivity contribution in [2.24, 2.45) is 70.0 Å². The molecule has 3 nitrogen and oxygen atoms in total. The average molecular weight is 997 g/mol. The van der Waals surface area contributed by atoms with Crippen molar-refractivity contribution in [1.29, 1.82) is 0 Å². The highest BCUT2D eigenvalue weighted by Gasteiger charge is 2.41. The van der Waals surface area contributed by atoms with E-state index in [2.05, 4.69) is 179 Å². The minimum Gasteiger partial charge on any atom is -0.317 e. The predicted octanol–water partition coefficient (Wildman–Crippen LogP) is 21.0. The standard InChI is InChI=1S/C9H18.C9H12.C7H13N.C7H12.C7H14.C6H12.C4H9N.4C4H10.C3H7N/c2*1-8(2)9-6-4-3-5-7-9;1-2-4-7(3-1)5-8-6-7;1-3-7(4-1)5-2-6-7;1-6(2)7-4-3-5-7;1-5(2)6-3-4-6;1-2-4-5-3-1;4*1-4(2)3;1-2-4-3-1/h8-9H,3-7H2,1-2H3;3-8H,1-2H3;8H,1-6H2;1-6H2;6-7H,3-5H2,1-2H3;5-6H,3-4H2,1-2H3;5H,1-4H2;4*4H,1-3H3;4H,1-3H2. The van der Waals surface area contributed by atoms with Gasteiger partial charge >= 0.3 is 0 Å². The Morgan fingerprint density at radius 1 is 0.324 bits per heavy atom. The summed E-state index contributed by atoms with van der Waals surface area (Å²) < 4.78 is 0. The van der Waals surface area contributed by atoms with Gasteiger partial charge in [-0.25, -0.2) is 0 Å². The summed E-state index contributed by atoms with van der Waals surface area (Å²) in [5.74, 6) is 10.1. The molecule has 10 rings (SSSR count). The second kappa shape index (κ2) is 45.3. The average Bonchev–Trinajstić information content (AvgIpc) is 3.61. The lowest BCUT2D eigenvalue weighted by Crippen LogP contribution is -2.51. The van der Waals surface area contributed by atoms with E-state index in [9.17, 15) is 0 Å². The van der Waals surface area contributed by atoms with Gasteiger partial charge in [-0.3, -0.25) is 0 Å². The number of nitrogens with one attached hydrogen (secondary N) is 3. The molecule has 3 aliphatic heterocycles. The van der Waals surface area contributed by atoms with Crippen LogP contribution in [0.4, 0.5) is 0 Å². The zero-order valence-electron chi connectivity index (χ0n) is 52.7. The summed E-state index contributed by atoms with van der Waals surface area (Å²) in [6.07, 6.45) is 34.4. The van der Waals surface area contributed by atoms with Crippen LogP contribution in [-0.4, -0.2) is 39.3 Å². The molecule has 9 fully saturated rings. The van der Waals surface area contributed by atoms with Gasteiger partial charge in [0.1, 0.15) is 0 Å². The third kappa shape index (κ3) is 46.2. The maximum Gasteiger partial charge on any atom is 0.00202 e. The molecule has 1 aromatic rings. The smallest absolute Gasteiger partial charge is 0.00202 e. The van der Waals surface area contributed by atoms with Gasteiger partial charge in [0.2, 0.25) is 0 Å². The molecule has 0 amide bonds. The van der Waals surface area contributed by atoms with Crippen LogP contribution in [-0.2, 0) is 0 Å². The lowest BCUT2D eigenvalue weighted by Gasteiger charge is -2.49. The molecule has 6 aliphatic carbocycles. The Morgan fingerprint density at radius 3 is 0.761 bits per heavy atom. The van der Waals surface area contributed by atoms with Crippen molar-refractivity contribution in [1.82, 2.24) is 16.0 Å². The molecule has 3 heterocycles. The third-order valence-electron chi connectivity index (χ3n) is 14.9. The van der Waals surface area contributed by atoms with E-state index in [1.165, 1.54) is 167 Å². The molecular weight excluding hydrogens is 859 g/mol. The van der Waals surface area contributed by atoms with Crippen LogP contribution < -0.4 is 16.0 Å². The molecule has 6 saturated carbocycles. The first-order chi connectivity index (χ1) is 33.5. The van der Waals surface area contributed by atoms with E-state index in [1.807, 2.05) is 6.07 Å². The van der Waals surface area contributed by atoms with Gasteiger partial charge in [0.05, 0.1) is 0 Å². The molecule has 0 bridgehead atoms. The van der Waals surface area contributed by atoms with E-state index in [4.69, 9.17) is 0 Å². The van der Waals surface area contributed by atoms with E-state index in [0.717, 1.165) is 70.0 Å². The number of hydrogen-bond donors (Lipinski definition) is 3. The van der Waals surface area contributed by atoms with Gasteiger partial charge in [-0.15, -0.1) is 0 Å². The molecule has 2 spiro atoms. The molecule has 9 aliphatic rings. The van der Waals surface area contributed by atoms with Crippen LogP contribution in [0.25, 0.3) is 0 Å². The van der Waals surface area contributed by atoms with E-state index in [-0.39, 0.29) is 0 Å². The minimum absolute atomic E-state index is 0.659. The first-order valence-corrected chi connectivity index (χ1v) is 31.6. The number of hydrogen-bond acceptors (Lipinski definition) is 3. The largest absolute Gasteiger partial charge is 0.317 e. The molecule has 0 unspecified atom stereocenters. The number of benzene rings is 1. The molecule has 0 radical (unpaired) electrons. The highest BCUT2D eigenvalue weighted by atomic mass is 15.0. The molecule has 3 saturated heterocycles.